The number of carbonyl (C=O) groups excluding carboxylic acids is 1. The van der Waals surface area contributed by atoms with Crippen molar-refractivity contribution in [3.63, 3.8) is 0 Å². The maximum atomic E-state index is 14.1. The van der Waals surface area contributed by atoms with Crippen LogP contribution in [0, 0.1) is 0 Å². The average Bonchev–Trinajstić information content (AvgIpc) is 3.33. The summed E-state index contributed by atoms with van der Waals surface area (Å²) in [5.41, 5.74) is 0.493. The van der Waals surface area contributed by atoms with Crippen LogP contribution in [0.2, 0.25) is 5.02 Å². The smallest absolute Gasteiger partial charge is 0.421 e. The SMILES string of the molecule is C=CC(=O)Nc1cc(Nc2ncc(C(F)(F)F)c(-n3nc(OC)c4cc(Cl)ccc43)n2)c(OC)cc1N(C)CCN(C)C. The number of amides is 1. The van der Waals surface area contributed by atoms with Gasteiger partial charge < -0.3 is 29.9 Å². The van der Waals surface area contributed by atoms with Gasteiger partial charge in [-0.25, -0.2) is 9.67 Å². The molecule has 0 atom stereocenters. The van der Waals surface area contributed by atoms with Crippen LogP contribution in [0.15, 0.2) is 49.2 Å². The highest BCUT2D eigenvalue weighted by molar-refractivity contribution is 6.31. The molecule has 1 amide bonds. The number of likely N-dealkylation sites (N-methyl/N-ethyl adjacent to an activating group) is 2. The normalized spacial score (nSPS) is 11.5. The van der Waals surface area contributed by atoms with E-state index < -0.39 is 23.5 Å². The highest BCUT2D eigenvalue weighted by Crippen LogP contribution is 2.39. The predicted octanol–water partition coefficient (Wildman–Crippen LogP) is 5.37. The second kappa shape index (κ2) is 12.8. The van der Waals surface area contributed by atoms with Crippen LogP contribution >= 0.6 is 11.6 Å². The van der Waals surface area contributed by atoms with Crippen LogP contribution < -0.4 is 25.0 Å². The topological polar surface area (TPSA) is 110 Å². The Kier molecular flexibility index (Phi) is 9.30. The van der Waals surface area contributed by atoms with Gasteiger partial charge in [-0.15, -0.1) is 5.10 Å². The third-order valence-corrected chi connectivity index (χ3v) is 6.61. The lowest BCUT2D eigenvalue weighted by molar-refractivity contribution is -0.138. The monoisotopic (exact) mass is 618 g/mol. The van der Waals surface area contributed by atoms with E-state index in [4.69, 9.17) is 21.1 Å². The van der Waals surface area contributed by atoms with Crippen molar-refractivity contribution in [1.82, 2.24) is 24.6 Å². The Hall–Kier alpha value is -4.56. The Morgan fingerprint density at radius 3 is 2.49 bits per heavy atom. The van der Waals surface area contributed by atoms with Crippen LogP contribution in [0.3, 0.4) is 0 Å². The molecule has 2 N–H and O–H groups in total. The number of hydrogen-bond donors (Lipinski definition) is 2. The number of carbonyl (C=O) groups is 1. The molecule has 0 spiro atoms. The number of nitrogens with one attached hydrogen (secondary N) is 2. The zero-order valence-electron chi connectivity index (χ0n) is 24.1. The number of rotatable bonds is 11. The summed E-state index contributed by atoms with van der Waals surface area (Å²) in [6.07, 6.45) is -3.01. The first-order chi connectivity index (χ1) is 20.4. The van der Waals surface area contributed by atoms with Crippen molar-refractivity contribution in [2.75, 3.05) is 64.0 Å². The molecule has 0 fully saturated rings. The van der Waals surface area contributed by atoms with Crippen LogP contribution in [0.4, 0.5) is 36.2 Å². The Morgan fingerprint density at radius 1 is 1.12 bits per heavy atom. The van der Waals surface area contributed by atoms with E-state index in [2.05, 4.69) is 32.3 Å². The number of benzene rings is 2. The van der Waals surface area contributed by atoms with E-state index in [9.17, 15) is 18.0 Å². The number of halogens is 4. The van der Waals surface area contributed by atoms with Gasteiger partial charge in [0.15, 0.2) is 5.82 Å². The van der Waals surface area contributed by atoms with E-state index in [0.717, 1.165) is 17.3 Å². The molecule has 11 nitrogen and oxygen atoms in total. The van der Waals surface area contributed by atoms with Gasteiger partial charge in [0.05, 0.1) is 42.2 Å². The summed E-state index contributed by atoms with van der Waals surface area (Å²) in [5, 5.41) is 10.7. The van der Waals surface area contributed by atoms with Crippen molar-refractivity contribution >= 4 is 51.4 Å². The summed E-state index contributed by atoms with van der Waals surface area (Å²) in [6, 6.07) is 7.85. The van der Waals surface area contributed by atoms with Crippen LogP contribution in [0.5, 0.6) is 11.6 Å². The number of nitrogens with zero attached hydrogens (tertiary/aromatic N) is 6. The summed E-state index contributed by atoms with van der Waals surface area (Å²) in [5.74, 6) is -0.787. The number of methoxy groups -OCH3 is 2. The third-order valence-electron chi connectivity index (χ3n) is 6.38. The largest absolute Gasteiger partial charge is 0.494 e. The third kappa shape index (κ3) is 6.92. The molecule has 0 saturated carbocycles. The minimum Gasteiger partial charge on any atom is -0.494 e. The lowest BCUT2D eigenvalue weighted by Gasteiger charge is -2.26. The Bertz CT molecular complexity index is 1660. The van der Waals surface area contributed by atoms with Gasteiger partial charge in [0, 0.05) is 37.4 Å². The molecule has 2 aromatic carbocycles. The van der Waals surface area contributed by atoms with Gasteiger partial charge in [0.1, 0.15) is 11.3 Å². The maximum absolute atomic E-state index is 14.1. The molecule has 228 valence electrons. The molecule has 15 heteroatoms. The van der Waals surface area contributed by atoms with Gasteiger partial charge >= 0.3 is 6.18 Å². The van der Waals surface area contributed by atoms with Crippen molar-refractivity contribution < 1.29 is 27.4 Å². The molecule has 0 saturated heterocycles. The Morgan fingerprint density at radius 2 is 1.86 bits per heavy atom. The summed E-state index contributed by atoms with van der Waals surface area (Å²) < 4.78 is 54.3. The molecule has 0 bridgehead atoms. The molecule has 4 rings (SSSR count). The summed E-state index contributed by atoms with van der Waals surface area (Å²) in [7, 11) is 8.53. The van der Waals surface area contributed by atoms with Crippen molar-refractivity contribution in [1.29, 1.82) is 0 Å². The van der Waals surface area contributed by atoms with Gasteiger partial charge in [-0.1, -0.05) is 18.2 Å². The quantitative estimate of drug-likeness (QED) is 0.214. The Balaban J connectivity index is 1.84. The average molecular weight is 619 g/mol. The molecule has 0 unspecified atom stereocenters. The molecule has 4 aromatic rings. The van der Waals surface area contributed by atoms with E-state index in [1.165, 1.54) is 32.4 Å². The highest BCUT2D eigenvalue weighted by Gasteiger charge is 2.37. The number of anilines is 4. The van der Waals surface area contributed by atoms with E-state index >= 15 is 0 Å². The first-order valence-corrected chi connectivity index (χ1v) is 13.2. The lowest BCUT2D eigenvalue weighted by Crippen LogP contribution is -2.29. The molecule has 0 radical (unpaired) electrons. The van der Waals surface area contributed by atoms with Gasteiger partial charge in [-0.3, -0.25) is 4.79 Å². The number of hydrogen-bond acceptors (Lipinski definition) is 9. The number of aromatic nitrogens is 4. The number of ether oxygens (including phenoxy) is 2. The fourth-order valence-electron chi connectivity index (χ4n) is 4.20. The van der Waals surface area contributed by atoms with Crippen molar-refractivity contribution in [3.05, 3.63) is 59.8 Å². The van der Waals surface area contributed by atoms with Crippen LogP contribution in [-0.2, 0) is 11.0 Å². The van der Waals surface area contributed by atoms with E-state index in [0.29, 0.717) is 40.3 Å². The second-order valence-electron chi connectivity index (χ2n) is 9.62. The molecule has 0 aliphatic carbocycles. The fourth-order valence-corrected chi connectivity index (χ4v) is 4.37. The molecule has 0 aliphatic heterocycles. The van der Waals surface area contributed by atoms with E-state index in [1.54, 1.807) is 12.1 Å². The summed E-state index contributed by atoms with van der Waals surface area (Å²) in [6.45, 7) is 4.86. The number of fused-ring (bicyclic) bond motifs is 1. The number of alkyl halides is 3. The minimum absolute atomic E-state index is 0.0667. The molecule has 0 aliphatic rings. The summed E-state index contributed by atoms with van der Waals surface area (Å²) >= 11 is 6.11. The molecular weight excluding hydrogens is 589 g/mol. The second-order valence-corrected chi connectivity index (χ2v) is 10.1. The van der Waals surface area contributed by atoms with Gasteiger partial charge in [0.2, 0.25) is 17.7 Å². The standard InChI is InChI=1S/C28H30ClF3N8O3/c1-7-24(41)34-19-13-20(23(42-5)14-22(19)39(4)11-10-38(2)3)35-27-33-15-18(28(30,31)32)25(36-27)40-21-9-8-16(29)12-17(21)26(37-40)43-6/h7-9,12-15H,1,10-11H2,2-6H3,(H,34,41)(H,33,35,36). The van der Waals surface area contributed by atoms with Crippen molar-refractivity contribution in [2.45, 2.75) is 6.18 Å². The van der Waals surface area contributed by atoms with Crippen LogP contribution in [0.1, 0.15) is 5.56 Å². The van der Waals surface area contributed by atoms with Gasteiger partial charge in [-0.05, 0) is 44.4 Å². The minimum atomic E-state index is -4.80. The zero-order valence-corrected chi connectivity index (χ0v) is 24.8. The molecule has 2 heterocycles. The zero-order chi connectivity index (χ0) is 31.5. The van der Waals surface area contributed by atoms with Gasteiger partial charge in [0.25, 0.3) is 0 Å². The first-order valence-electron chi connectivity index (χ1n) is 12.8. The molecule has 43 heavy (non-hydrogen) atoms. The highest BCUT2D eigenvalue weighted by atomic mass is 35.5. The summed E-state index contributed by atoms with van der Waals surface area (Å²) in [4.78, 5) is 24.3. The fraction of sp³-hybridized carbons (Fsp3) is 0.286. The van der Waals surface area contributed by atoms with E-state index in [-0.39, 0.29) is 23.0 Å². The van der Waals surface area contributed by atoms with Crippen molar-refractivity contribution in [3.8, 4) is 17.4 Å². The maximum Gasteiger partial charge on any atom is 0.421 e. The van der Waals surface area contributed by atoms with Crippen molar-refractivity contribution in [2.24, 2.45) is 0 Å². The van der Waals surface area contributed by atoms with Gasteiger partial charge in [-0.2, -0.15) is 18.2 Å². The molecular formula is C28H30ClF3N8O3. The van der Waals surface area contributed by atoms with Crippen LogP contribution in [0.25, 0.3) is 16.7 Å². The predicted molar refractivity (Wildman–Crippen MR) is 160 cm³/mol. The molecule has 2 aromatic heterocycles. The first kappa shape index (κ1) is 31.4. The van der Waals surface area contributed by atoms with E-state index in [1.807, 2.05) is 30.9 Å². The van der Waals surface area contributed by atoms with Crippen LogP contribution in [-0.4, -0.2) is 79.0 Å². The lowest BCUT2D eigenvalue weighted by atomic mass is 10.2. The Labute approximate surface area is 250 Å².